The highest BCUT2D eigenvalue weighted by Crippen LogP contribution is 2.30. The summed E-state index contributed by atoms with van der Waals surface area (Å²) >= 11 is 0. The zero-order valence-corrected chi connectivity index (χ0v) is 16.3. The molecular weight excluding hydrogens is 411 g/mol. The summed E-state index contributed by atoms with van der Waals surface area (Å²) in [5.41, 5.74) is -0.0638. The molecule has 29 heavy (non-hydrogen) atoms. The Hall–Kier alpha value is -2.33. The summed E-state index contributed by atoms with van der Waals surface area (Å²) in [6, 6.07) is 3.06. The van der Waals surface area contributed by atoms with Crippen molar-refractivity contribution in [3.63, 3.8) is 0 Å². The fourth-order valence-electron chi connectivity index (χ4n) is 3.79. The molecule has 0 spiro atoms. The van der Waals surface area contributed by atoms with Gasteiger partial charge in [-0.1, -0.05) is 0 Å². The molecular formula is C18H21ClF3N5O2. The van der Waals surface area contributed by atoms with Gasteiger partial charge < -0.3 is 19.5 Å². The average Bonchev–Trinajstić information content (AvgIpc) is 3.11. The zero-order valence-electron chi connectivity index (χ0n) is 15.5. The van der Waals surface area contributed by atoms with E-state index in [-0.39, 0.29) is 23.9 Å². The molecule has 0 unspecified atom stereocenters. The van der Waals surface area contributed by atoms with Crippen molar-refractivity contribution in [2.45, 2.75) is 38.5 Å². The minimum atomic E-state index is -3.13. The van der Waals surface area contributed by atoms with Gasteiger partial charge in [-0.05, 0) is 25.0 Å². The van der Waals surface area contributed by atoms with Gasteiger partial charge in [0.05, 0.1) is 12.1 Å². The Morgan fingerprint density at radius 3 is 2.69 bits per heavy atom. The molecule has 3 heterocycles. The third-order valence-corrected chi connectivity index (χ3v) is 5.19. The predicted octanol–water partition coefficient (Wildman–Crippen LogP) is 2.56. The van der Waals surface area contributed by atoms with Gasteiger partial charge in [0.25, 0.3) is 5.91 Å². The number of fused-ring (bicyclic) bond motifs is 1. The molecule has 1 saturated heterocycles. The number of hydrogen-bond donors (Lipinski definition) is 1. The quantitative estimate of drug-likeness (QED) is 0.805. The third kappa shape index (κ3) is 4.48. The maximum absolute atomic E-state index is 13.4. The van der Waals surface area contributed by atoms with E-state index in [1.807, 2.05) is 0 Å². The lowest BCUT2D eigenvalue weighted by Gasteiger charge is -2.32. The van der Waals surface area contributed by atoms with Gasteiger partial charge >= 0.3 is 6.61 Å². The number of alkyl halides is 2. The number of carbonyl (C=O) groups excluding carboxylic acids is 1. The molecule has 7 nitrogen and oxygen atoms in total. The number of aromatic nitrogens is 3. The molecule has 2 aromatic rings. The van der Waals surface area contributed by atoms with Gasteiger partial charge in [0.2, 0.25) is 0 Å². The van der Waals surface area contributed by atoms with Gasteiger partial charge in [-0.25, -0.2) is 4.39 Å². The van der Waals surface area contributed by atoms with Crippen molar-refractivity contribution in [2.75, 3.05) is 19.6 Å². The van der Waals surface area contributed by atoms with Crippen LogP contribution in [0.4, 0.5) is 13.2 Å². The van der Waals surface area contributed by atoms with Crippen LogP contribution in [0.3, 0.4) is 0 Å². The van der Waals surface area contributed by atoms with E-state index in [0.717, 1.165) is 36.9 Å². The van der Waals surface area contributed by atoms with Crippen molar-refractivity contribution < 1.29 is 22.7 Å². The normalized spacial score (nSPS) is 17.0. The van der Waals surface area contributed by atoms with Crippen LogP contribution in [0.2, 0.25) is 0 Å². The highest BCUT2D eigenvalue weighted by molar-refractivity contribution is 5.97. The molecule has 0 bridgehead atoms. The van der Waals surface area contributed by atoms with E-state index >= 15 is 0 Å². The number of rotatable bonds is 4. The number of halogens is 4. The minimum absolute atomic E-state index is 0. The first-order valence-corrected chi connectivity index (χ1v) is 9.19. The smallest absolute Gasteiger partial charge is 0.387 e. The number of nitrogens with one attached hydrogen (secondary N) is 1. The van der Waals surface area contributed by atoms with E-state index in [2.05, 4.69) is 24.8 Å². The topological polar surface area (TPSA) is 72.3 Å². The summed E-state index contributed by atoms with van der Waals surface area (Å²) in [7, 11) is 0. The van der Waals surface area contributed by atoms with Crippen LogP contribution in [0.1, 0.15) is 40.8 Å². The van der Waals surface area contributed by atoms with Crippen LogP contribution >= 0.6 is 12.4 Å². The molecule has 158 valence electrons. The summed E-state index contributed by atoms with van der Waals surface area (Å²) in [5, 5.41) is 11.8. The van der Waals surface area contributed by atoms with E-state index in [9.17, 15) is 18.0 Å². The Balaban J connectivity index is 0.00000240. The van der Waals surface area contributed by atoms with Crippen LogP contribution < -0.4 is 10.1 Å². The fraction of sp³-hybridized carbons (Fsp3) is 0.500. The second-order valence-corrected chi connectivity index (χ2v) is 6.89. The van der Waals surface area contributed by atoms with Crippen molar-refractivity contribution in [2.24, 2.45) is 0 Å². The molecule has 0 aliphatic carbocycles. The summed E-state index contributed by atoms with van der Waals surface area (Å²) in [6.07, 6.45) is 1.40. The van der Waals surface area contributed by atoms with Crippen molar-refractivity contribution in [1.29, 1.82) is 0 Å². The highest BCUT2D eigenvalue weighted by atomic mass is 35.5. The van der Waals surface area contributed by atoms with Gasteiger partial charge in [0.1, 0.15) is 23.2 Å². The molecule has 4 rings (SSSR count). The monoisotopic (exact) mass is 431 g/mol. The number of amides is 1. The van der Waals surface area contributed by atoms with Crippen molar-refractivity contribution in [1.82, 2.24) is 25.0 Å². The number of piperidine rings is 1. The van der Waals surface area contributed by atoms with Gasteiger partial charge in [0.15, 0.2) is 0 Å². The number of hydrogen-bond acceptors (Lipinski definition) is 5. The number of likely N-dealkylation sites (tertiary alicyclic amines) is 1. The highest BCUT2D eigenvalue weighted by Gasteiger charge is 2.30. The van der Waals surface area contributed by atoms with E-state index in [0.29, 0.717) is 32.5 Å². The average molecular weight is 432 g/mol. The molecule has 2 aliphatic rings. The van der Waals surface area contributed by atoms with Crippen LogP contribution in [-0.2, 0) is 13.1 Å². The Labute approximate surface area is 171 Å². The molecule has 1 N–H and O–H groups in total. The number of nitrogens with zero attached hydrogens (tertiary/aromatic N) is 4. The largest absolute Gasteiger partial charge is 0.434 e. The predicted molar refractivity (Wildman–Crippen MR) is 99.9 cm³/mol. The number of carbonyl (C=O) groups is 1. The molecule has 1 fully saturated rings. The van der Waals surface area contributed by atoms with Crippen molar-refractivity contribution in [3.05, 3.63) is 41.2 Å². The first-order valence-electron chi connectivity index (χ1n) is 9.19. The third-order valence-electron chi connectivity index (χ3n) is 5.19. The van der Waals surface area contributed by atoms with Gasteiger partial charge in [-0.2, -0.15) is 8.78 Å². The fourth-order valence-corrected chi connectivity index (χ4v) is 3.79. The van der Waals surface area contributed by atoms with Crippen LogP contribution in [0.15, 0.2) is 18.2 Å². The molecule has 0 saturated carbocycles. The summed E-state index contributed by atoms with van der Waals surface area (Å²) in [4.78, 5) is 14.4. The Kier molecular flexibility index (Phi) is 6.63. The maximum Gasteiger partial charge on any atom is 0.387 e. The first kappa shape index (κ1) is 21.4. The van der Waals surface area contributed by atoms with Crippen LogP contribution in [0.25, 0.3) is 0 Å². The molecule has 1 amide bonds. The van der Waals surface area contributed by atoms with Crippen LogP contribution in [-0.4, -0.2) is 51.8 Å². The standard InChI is InChI=1S/C18H20F3N5O2.ClH/c19-12-1-2-13(14(9-12)28-18(20)21)17(27)25-6-3-11(4-7-25)16-24-23-15-10-22-5-8-26(15)16;/h1-2,9,11,18,22H,3-8,10H2;1H. The molecule has 0 radical (unpaired) electrons. The van der Waals surface area contributed by atoms with E-state index in [4.69, 9.17) is 0 Å². The minimum Gasteiger partial charge on any atom is -0.434 e. The van der Waals surface area contributed by atoms with Crippen molar-refractivity contribution in [3.8, 4) is 5.75 Å². The molecule has 1 aromatic heterocycles. The van der Waals surface area contributed by atoms with Crippen LogP contribution in [0.5, 0.6) is 5.75 Å². The molecule has 11 heteroatoms. The Morgan fingerprint density at radius 2 is 1.97 bits per heavy atom. The second-order valence-electron chi connectivity index (χ2n) is 6.89. The number of benzene rings is 1. The lowest BCUT2D eigenvalue weighted by molar-refractivity contribution is -0.0504. The Morgan fingerprint density at radius 1 is 1.21 bits per heavy atom. The summed E-state index contributed by atoms with van der Waals surface area (Å²) in [6.45, 7) is 0.160. The van der Waals surface area contributed by atoms with E-state index < -0.39 is 24.1 Å². The molecule has 0 atom stereocenters. The summed E-state index contributed by atoms with van der Waals surface area (Å²) in [5.74, 6) is 0.417. The van der Waals surface area contributed by atoms with E-state index in [1.165, 1.54) is 6.07 Å². The van der Waals surface area contributed by atoms with E-state index in [1.54, 1.807) is 4.90 Å². The lowest BCUT2D eigenvalue weighted by atomic mass is 9.95. The maximum atomic E-state index is 13.4. The SMILES string of the molecule is Cl.O=C(c1ccc(F)cc1OC(F)F)N1CCC(c2nnc3n2CCNC3)CC1. The molecule has 2 aliphatic heterocycles. The zero-order chi connectivity index (χ0) is 19.7. The van der Waals surface area contributed by atoms with Crippen LogP contribution in [0, 0.1) is 5.82 Å². The van der Waals surface area contributed by atoms with Gasteiger partial charge in [0, 0.05) is 38.2 Å². The second kappa shape index (κ2) is 9.00. The lowest BCUT2D eigenvalue weighted by Crippen LogP contribution is -2.39. The van der Waals surface area contributed by atoms with Crippen molar-refractivity contribution >= 4 is 18.3 Å². The Bertz CT molecular complexity index is 871. The molecule has 1 aromatic carbocycles. The summed E-state index contributed by atoms with van der Waals surface area (Å²) < 4.78 is 45.0. The first-order chi connectivity index (χ1) is 13.5. The van der Waals surface area contributed by atoms with Gasteiger partial charge in [-0.3, -0.25) is 4.79 Å². The number of ether oxygens (including phenoxy) is 1. The van der Waals surface area contributed by atoms with Gasteiger partial charge in [-0.15, -0.1) is 22.6 Å².